The number of carbonyl (C=O) groups excluding carboxylic acids is 2. The van der Waals surface area contributed by atoms with Crippen LogP contribution in [0.4, 0.5) is 5.82 Å². The Morgan fingerprint density at radius 3 is 2.67 bits per heavy atom. The molecule has 1 aliphatic rings. The van der Waals surface area contributed by atoms with Crippen molar-refractivity contribution in [3.05, 3.63) is 51.3 Å². The topological polar surface area (TPSA) is 127 Å². The third-order valence-electron chi connectivity index (χ3n) is 3.59. The van der Waals surface area contributed by atoms with Gasteiger partial charge in [-0.2, -0.15) is 5.26 Å². The molecule has 2 heterocycles. The van der Waals surface area contributed by atoms with Gasteiger partial charge in [-0.05, 0) is 25.1 Å². The Kier molecular flexibility index (Phi) is 3.54. The Morgan fingerprint density at radius 1 is 1.25 bits per heavy atom. The third-order valence-corrected chi connectivity index (χ3v) is 3.59. The van der Waals surface area contributed by atoms with Crippen LogP contribution in [-0.2, 0) is 0 Å². The summed E-state index contributed by atoms with van der Waals surface area (Å²) in [4.78, 5) is 35.8. The monoisotopic (exact) mass is 324 g/mol. The number of hydrogen-bond acceptors (Lipinski definition) is 6. The molecule has 8 nitrogen and oxygen atoms in total. The lowest BCUT2D eigenvalue weighted by molar-refractivity contribution is 0.0880. The summed E-state index contributed by atoms with van der Waals surface area (Å²) in [6.07, 6.45) is 0. The van der Waals surface area contributed by atoms with Crippen molar-refractivity contribution in [3.63, 3.8) is 0 Å². The number of nitrogens with two attached hydrogens (primary N) is 1. The number of fused-ring (bicyclic) bond motifs is 1. The van der Waals surface area contributed by atoms with Crippen molar-refractivity contribution >= 4 is 17.6 Å². The number of pyridine rings is 1. The number of imide groups is 1. The zero-order valence-electron chi connectivity index (χ0n) is 12.6. The summed E-state index contributed by atoms with van der Waals surface area (Å²) in [5, 5.41) is 11.3. The number of nitrogen functional groups attached to an aromatic ring is 1. The van der Waals surface area contributed by atoms with Crippen LogP contribution < -0.4 is 21.3 Å². The van der Waals surface area contributed by atoms with E-state index in [0.717, 1.165) is 10.6 Å². The minimum absolute atomic E-state index is 0.0491. The molecule has 1 aromatic heterocycles. The summed E-state index contributed by atoms with van der Waals surface area (Å²) in [5.74, 6) is -1.10. The maximum atomic E-state index is 12.3. The van der Waals surface area contributed by atoms with Crippen molar-refractivity contribution in [2.75, 3.05) is 12.3 Å². The molecule has 0 saturated heterocycles. The molecule has 0 saturated carbocycles. The van der Waals surface area contributed by atoms with Crippen LogP contribution in [0.25, 0.3) is 5.69 Å². The molecule has 3 rings (SSSR count). The van der Waals surface area contributed by atoms with Gasteiger partial charge in [-0.1, -0.05) is 0 Å². The highest BCUT2D eigenvalue weighted by molar-refractivity contribution is 6.23. The van der Waals surface area contributed by atoms with Gasteiger partial charge in [-0.25, -0.2) is 0 Å². The average Bonchev–Trinajstić information content (AvgIpc) is 2.83. The molecule has 1 aromatic carbocycles. The number of ether oxygens (including phenoxy) is 1. The number of benzene rings is 1. The van der Waals surface area contributed by atoms with E-state index in [9.17, 15) is 19.6 Å². The maximum Gasteiger partial charge on any atom is 0.262 e. The molecule has 120 valence electrons. The molecular weight excluding hydrogens is 312 g/mol. The second kappa shape index (κ2) is 5.55. The number of nitrogens with one attached hydrogen (secondary N) is 1. The Hall–Kier alpha value is -3.60. The number of nitrogens with zero attached hydrogens (tertiary/aromatic N) is 2. The molecule has 0 bridgehead atoms. The van der Waals surface area contributed by atoms with Crippen LogP contribution in [0.5, 0.6) is 5.75 Å². The van der Waals surface area contributed by atoms with E-state index in [4.69, 9.17) is 10.5 Å². The summed E-state index contributed by atoms with van der Waals surface area (Å²) in [6, 6.07) is 7.56. The predicted molar refractivity (Wildman–Crippen MR) is 84.1 cm³/mol. The van der Waals surface area contributed by atoms with Gasteiger partial charge in [-0.15, -0.1) is 0 Å². The molecule has 1 aliphatic heterocycles. The van der Waals surface area contributed by atoms with Crippen LogP contribution in [0.3, 0.4) is 0 Å². The normalized spacial score (nSPS) is 12.5. The van der Waals surface area contributed by atoms with Crippen molar-refractivity contribution in [1.82, 2.24) is 9.88 Å². The molecule has 0 aliphatic carbocycles. The molecule has 0 atom stereocenters. The number of anilines is 1. The summed E-state index contributed by atoms with van der Waals surface area (Å²) >= 11 is 0. The van der Waals surface area contributed by atoms with Crippen molar-refractivity contribution in [1.29, 1.82) is 5.26 Å². The van der Waals surface area contributed by atoms with E-state index in [2.05, 4.69) is 5.32 Å². The molecule has 0 unspecified atom stereocenters. The fraction of sp³-hybridized carbons (Fsp3) is 0.125. The van der Waals surface area contributed by atoms with E-state index >= 15 is 0 Å². The Labute approximate surface area is 136 Å². The first-order valence-corrected chi connectivity index (χ1v) is 7.06. The maximum absolute atomic E-state index is 12.3. The van der Waals surface area contributed by atoms with Crippen molar-refractivity contribution < 1.29 is 14.3 Å². The van der Waals surface area contributed by atoms with Gasteiger partial charge in [0.15, 0.2) is 0 Å². The number of carbonyl (C=O) groups is 2. The molecule has 8 heteroatoms. The Morgan fingerprint density at radius 2 is 2.00 bits per heavy atom. The molecule has 3 N–H and O–H groups in total. The van der Waals surface area contributed by atoms with Crippen LogP contribution in [0.1, 0.15) is 33.2 Å². The van der Waals surface area contributed by atoms with Gasteiger partial charge in [0.05, 0.1) is 29.0 Å². The highest BCUT2D eigenvalue weighted by Crippen LogP contribution is 2.26. The number of aromatic nitrogens is 1. The number of rotatable bonds is 3. The van der Waals surface area contributed by atoms with Gasteiger partial charge < -0.3 is 10.5 Å². The molecule has 24 heavy (non-hydrogen) atoms. The lowest BCUT2D eigenvalue weighted by atomic mass is 10.1. The fourth-order valence-corrected chi connectivity index (χ4v) is 2.57. The minimum atomic E-state index is -0.660. The van der Waals surface area contributed by atoms with Crippen LogP contribution in [0.15, 0.2) is 29.1 Å². The lowest BCUT2D eigenvalue weighted by Gasteiger charge is -2.13. The second-order valence-electron chi connectivity index (χ2n) is 5.00. The standard InChI is InChI=1S/C16H12N4O4/c1-2-24-11-4-3-9(5-8(11)7-17)20-12(21)6-10-13(14(20)18)16(23)19-15(10)22/h3-6H,2,18H2,1H3,(H,19,22,23). The van der Waals surface area contributed by atoms with Gasteiger partial charge in [-0.3, -0.25) is 24.3 Å². The lowest BCUT2D eigenvalue weighted by Crippen LogP contribution is -2.24. The summed E-state index contributed by atoms with van der Waals surface area (Å²) in [5.41, 5.74) is 5.79. The van der Waals surface area contributed by atoms with E-state index in [1.807, 2.05) is 6.07 Å². The largest absolute Gasteiger partial charge is 0.492 e. The first-order valence-electron chi connectivity index (χ1n) is 7.06. The highest BCUT2D eigenvalue weighted by Gasteiger charge is 2.31. The van der Waals surface area contributed by atoms with Gasteiger partial charge in [0.25, 0.3) is 17.4 Å². The van der Waals surface area contributed by atoms with Gasteiger partial charge >= 0.3 is 0 Å². The van der Waals surface area contributed by atoms with Crippen LogP contribution in [-0.4, -0.2) is 23.0 Å². The smallest absolute Gasteiger partial charge is 0.262 e. The van der Waals surface area contributed by atoms with Crippen molar-refractivity contribution in [2.45, 2.75) is 6.92 Å². The minimum Gasteiger partial charge on any atom is -0.492 e. The fourth-order valence-electron chi connectivity index (χ4n) is 2.57. The second-order valence-corrected chi connectivity index (χ2v) is 5.00. The Balaban J connectivity index is 2.24. The predicted octanol–water partition coefficient (Wildman–Crippen LogP) is 0.574. The molecule has 2 amide bonds. The summed E-state index contributed by atoms with van der Waals surface area (Å²) in [7, 11) is 0. The number of nitriles is 1. The van der Waals surface area contributed by atoms with Crippen molar-refractivity contribution in [3.8, 4) is 17.5 Å². The van der Waals surface area contributed by atoms with Crippen molar-refractivity contribution in [2.24, 2.45) is 0 Å². The summed E-state index contributed by atoms with van der Waals surface area (Å²) < 4.78 is 6.41. The first-order chi connectivity index (χ1) is 11.5. The zero-order chi connectivity index (χ0) is 17.4. The first kappa shape index (κ1) is 15.3. The van der Waals surface area contributed by atoms with E-state index in [1.54, 1.807) is 19.1 Å². The van der Waals surface area contributed by atoms with Crippen LogP contribution in [0, 0.1) is 11.3 Å². The summed E-state index contributed by atoms with van der Waals surface area (Å²) in [6.45, 7) is 2.17. The molecular formula is C16H12N4O4. The zero-order valence-corrected chi connectivity index (χ0v) is 12.6. The highest BCUT2D eigenvalue weighted by atomic mass is 16.5. The van der Waals surface area contributed by atoms with Crippen LogP contribution >= 0.6 is 0 Å². The van der Waals surface area contributed by atoms with Crippen LogP contribution in [0.2, 0.25) is 0 Å². The quantitative estimate of drug-likeness (QED) is 0.795. The average molecular weight is 324 g/mol. The van der Waals surface area contributed by atoms with Gasteiger partial charge in [0.2, 0.25) is 0 Å². The molecule has 0 spiro atoms. The van der Waals surface area contributed by atoms with E-state index in [0.29, 0.717) is 18.0 Å². The third kappa shape index (κ3) is 2.19. The van der Waals surface area contributed by atoms with E-state index in [1.165, 1.54) is 6.07 Å². The SMILES string of the molecule is CCOc1ccc(-n2c(N)c3c(cc2=O)C(=O)NC3=O)cc1C#N. The van der Waals surface area contributed by atoms with Gasteiger partial charge in [0.1, 0.15) is 17.6 Å². The van der Waals surface area contributed by atoms with E-state index < -0.39 is 17.4 Å². The number of hydrogen-bond donors (Lipinski definition) is 2. The molecule has 2 aromatic rings. The molecule has 0 radical (unpaired) electrons. The van der Waals surface area contributed by atoms with Gasteiger partial charge in [0, 0.05) is 6.07 Å². The number of amides is 2. The molecule has 0 fully saturated rings. The van der Waals surface area contributed by atoms with E-state index in [-0.39, 0.29) is 22.5 Å². The Bertz CT molecular complexity index is 985.